The average Bonchev–Trinajstić information content (AvgIpc) is 2.73. The minimum absolute atomic E-state index is 0.125. The van der Waals surface area contributed by atoms with Crippen LogP contribution in [0.1, 0.15) is 47.0 Å². The SMILES string of the molecule is CC(=O)N1CCC(NC(=O)CN2CCCN(C(C)(C)C)CC2)CC1. The van der Waals surface area contributed by atoms with Gasteiger partial charge in [-0.25, -0.2) is 0 Å². The first kappa shape index (κ1) is 19.2. The van der Waals surface area contributed by atoms with Crippen molar-refractivity contribution in [2.75, 3.05) is 45.8 Å². The van der Waals surface area contributed by atoms with Gasteiger partial charge in [0.2, 0.25) is 11.8 Å². The maximum Gasteiger partial charge on any atom is 0.234 e. The van der Waals surface area contributed by atoms with Gasteiger partial charge in [-0.2, -0.15) is 0 Å². The average molecular weight is 338 g/mol. The fourth-order valence-electron chi connectivity index (χ4n) is 3.61. The van der Waals surface area contributed by atoms with Crippen LogP contribution in [-0.4, -0.2) is 83.9 Å². The standard InChI is InChI=1S/C18H34N4O2/c1-15(23)21-10-6-16(7-11-21)19-17(24)14-20-8-5-9-22(13-12-20)18(2,3)4/h16H,5-14H2,1-4H3,(H,19,24). The van der Waals surface area contributed by atoms with Crippen molar-refractivity contribution in [1.82, 2.24) is 20.0 Å². The topological polar surface area (TPSA) is 55.9 Å². The number of carbonyl (C=O) groups is 2. The van der Waals surface area contributed by atoms with Crippen LogP contribution in [0.25, 0.3) is 0 Å². The Morgan fingerprint density at radius 1 is 1.00 bits per heavy atom. The van der Waals surface area contributed by atoms with E-state index >= 15 is 0 Å². The summed E-state index contributed by atoms with van der Waals surface area (Å²) < 4.78 is 0. The van der Waals surface area contributed by atoms with Crippen molar-refractivity contribution in [3.63, 3.8) is 0 Å². The second-order valence-electron chi connectivity index (χ2n) is 8.14. The van der Waals surface area contributed by atoms with Crippen molar-refractivity contribution in [1.29, 1.82) is 0 Å². The molecule has 0 aromatic heterocycles. The van der Waals surface area contributed by atoms with Crippen molar-refractivity contribution < 1.29 is 9.59 Å². The third-order valence-corrected chi connectivity index (χ3v) is 5.21. The van der Waals surface area contributed by atoms with Crippen LogP contribution in [0.3, 0.4) is 0 Å². The van der Waals surface area contributed by atoms with E-state index in [2.05, 4.69) is 35.9 Å². The molecular weight excluding hydrogens is 304 g/mol. The van der Waals surface area contributed by atoms with Gasteiger partial charge in [-0.3, -0.25) is 19.4 Å². The monoisotopic (exact) mass is 338 g/mol. The quantitative estimate of drug-likeness (QED) is 0.831. The Morgan fingerprint density at radius 2 is 1.67 bits per heavy atom. The first-order valence-corrected chi connectivity index (χ1v) is 9.28. The summed E-state index contributed by atoms with van der Waals surface area (Å²) in [5.74, 6) is 0.258. The second kappa shape index (κ2) is 8.30. The molecule has 0 atom stereocenters. The van der Waals surface area contributed by atoms with Crippen LogP contribution in [0.5, 0.6) is 0 Å². The third-order valence-electron chi connectivity index (χ3n) is 5.21. The highest BCUT2D eigenvalue weighted by Crippen LogP contribution is 2.16. The Bertz CT molecular complexity index is 439. The van der Waals surface area contributed by atoms with Crippen molar-refractivity contribution in [3.05, 3.63) is 0 Å². The highest BCUT2D eigenvalue weighted by molar-refractivity contribution is 5.78. The fraction of sp³-hybridized carbons (Fsp3) is 0.889. The Kier molecular flexibility index (Phi) is 6.63. The first-order valence-electron chi connectivity index (χ1n) is 9.28. The number of rotatable bonds is 3. The van der Waals surface area contributed by atoms with Crippen LogP contribution >= 0.6 is 0 Å². The molecule has 6 heteroatoms. The van der Waals surface area contributed by atoms with Gasteiger partial charge in [-0.05, 0) is 53.1 Å². The molecule has 2 fully saturated rings. The summed E-state index contributed by atoms with van der Waals surface area (Å²) in [6.45, 7) is 14.4. The highest BCUT2D eigenvalue weighted by atomic mass is 16.2. The van der Waals surface area contributed by atoms with Crippen molar-refractivity contribution in [2.24, 2.45) is 0 Å². The normalized spacial score (nSPS) is 22.2. The number of likely N-dealkylation sites (tertiary alicyclic amines) is 1. The third kappa shape index (κ3) is 5.74. The van der Waals surface area contributed by atoms with Crippen LogP contribution < -0.4 is 5.32 Å². The van der Waals surface area contributed by atoms with Crippen LogP contribution in [0.15, 0.2) is 0 Å². The molecule has 2 heterocycles. The molecule has 2 aliphatic heterocycles. The Morgan fingerprint density at radius 3 is 2.25 bits per heavy atom. The number of carbonyl (C=O) groups excluding carboxylic acids is 2. The van der Waals surface area contributed by atoms with Gasteiger partial charge in [0.15, 0.2) is 0 Å². The summed E-state index contributed by atoms with van der Waals surface area (Å²) in [6.07, 6.45) is 2.84. The molecule has 0 aromatic carbocycles. The molecule has 2 rings (SSSR count). The summed E-state index contributed by atoms with van der Waals surface area (Å²) in [4.78, 5) is 30.3. The Hall–Kier alpha value is -1.14. The molecule has 2 aliphatic rings. The first-order chi connectivity index (χ1) is 11.3. The van der Waals surface area contributed by atoms with E-state index in [-0.39, 0.29) is 23.4 Å². The zero-order valence-electron chi connectivity index (χ0n) is 15.8. The van der Waals surface area contributed by atoms with Gasteiger partial charge in [-0.1, -0.05) is 0 Å². The van der Waals surface area contributed by atoms with Crippen molar-refractivity contribution >= 4 is 11.8 Å². The van der Waals surface area contributed by atoms with E-state index in [1.54, 1.807) is 6.92 Å². The maximum atomic E-state index is 12.3. The number of hydrogen-bond donors (Lipinski definition) is 1. The van der Waals surface area contributed by atoms with Gasteiger partial charge in [0.1, 0.15) is 0 Å². The molecule has 0 aromatic rings. The molecule has 0 unspecified atom stereocenters. The van der Waals surface area contributed by atoms with E-state index < -0.39 is 0 Å². The van der Waals surface area contributed by atoms with Gasteiger partial charge in [0.25, 0.3) is 0 Å². The minimum Gasteiger partial charge on any atom is -0.352 e. The Labute approximate surface area is 146 Å². The summed E-state index contributed by atoms with van der Waals surface area (Å²) >= 11 is 0. The van der Waals surface area contributed by atoms with Crippen LogP contribution in [-0.2, 0) is 9.59 Å². The van der Waals surface area contributed by atoms with Crippen LogP contribution in [0, 0.1) is 0 Å². The molecule has 0 aliphatic carbocycles. The van der Waals surface area contributed by atoms with Gasteiger partial charge >= 0.3 is 0 Å². The molecule has 24 heavy (non-hydrogen) atoms. The smallest absolute Gasteiger partial charge is 0.234 e. The largest absolute Gasteiger partial charge is 0.352 e. The number of hydrogen-bond acceptors (Lipinski definition) is 4. The van der Waals surface area contributed by atoms with Crippen LogP contribution in [0.2, 0.25) is 0 Å². The minimum atomic E-state index is 0.125. The second-order valence-corrected chi connectivity index (χ2v) is 8.14. The highest BCUT2D eigenvalue weighted by Gasteiger charge is 2.26. The van der Waals surface area contributed by atoms with Gasteiger partial charge in [0, 0.05) is 44.7 Å². The predicted octanol–water partition coefficient (Wildman–Crippen LogP) is 0.920. The summed E-state index contributed by atoms with van der Waals surface area (Å²) in [6, 6.07) is 0.214. The number of amides is 2. The van der Waals surface area contributed by atoms with E-state index in [4.69, 9.17) is 0 Å². The van der Waals surface area contributed by atoms with E-state index in [1.807, 2.05) is 4.90 Å². The summed E-state index contributed by atoms with van der Waals surface area (Å²) in [7, 11) is 0. The van der Waals surface area contributed by atoms with Gasteiger partial charge in [0.05, 0.1) is 6.54 Å². The summed E-state index contributed by atoms with van der Waals surface area (Å²) in [5.41, 5.74) is 0.197. The van der Waals surface area contributed by atoms with E-state index in [0.717, 1.165) is 58.5 Å². The lowest BCUT2D eigenvalue weighted by molar-refractivity contribution is -0.130. The molecule has 2 saturated heterocycles. The molecule has 0 bridgehead atoms. The van der Waals surface area contributed by atoms with Crippen molar-refractivity contribution in [3.8, 4) is 0 Å². The zero-order valence-corrected chi connectivity index (χ0v) is 15.8. The lowest BCUT2D eigenvalue weighted by Gasteiger charge is -2.34. The van der Waals surface area contributed by atoms with Crippen LogP contribution in [0.4, 0.5) is 0 Å². The number of nitrogens with one attached hydrogen (secondary N) is 1. The maximum absolute atomic E-state index is 12.3. The molecule has 0 saturated carbocycles. The number of piperidine rings is 1. The van der Waals surface area contributed by atoms with Gasteiger partial charge in [-0.15, -0.1) is 0 Å². The lowest BCUT2D eigenvalue weighted by atomic mass is 10.1. The zero-order chi connectivity index (χ0) is 17.7. The molecule has 6 nitrogen and oxygen atoms in total. The van der Waals surface area contributed by atoms with E-state index in [0.29, 0.717) is 6.54 Å². The Balaban J connectivity index is 1.72. The summed E-state index contributed by atoms with van der Waals surface area (Å²) in [5, 5.41) is 3.16. The molecule has 2 amide bonds. The fourth-order valence-corrected chi connectivity index (χ4v) is 3.61. The van der Waals surface area contributed by atoms with E-state index in [1.165, 1.54) is 0 Å². The van der Waals surface area contributed by atoms with Crippen molar-refractivity contribution in [2.45, 2.75) is 58.5 Å². The number of nitrogens with zero attached hydrogens (tertiary/aromatic N) is 3. The van der Waals surface area contributed by atoms with E-state index in [9.17, 15) is 9.59 Å². The molecule has 0 radical (unpaired) electrons. The predicted molar refractivity (Wildman–Crippen MR) is 95.8 cm³/mol. The van der Waals surface area contributed by atoms with Gasteiger partial charge < -0.3 is 10.2 Å². The molecule has 138 valence electrons. The lowest BCUT2D eigenvalue weighted by Crippen LogP contribution is -2.49. The molecule has 0 spiro atoms. The molecule has 1 N–H and O–H groups in total. The molecular formula is C18H34N4O2.